The molecule has 98 valence electrons. The quantitative estimate of drug-likeness (QED) is 0.491. The molecule has 1 atom stereocenters. The van der Waals surface area contributed by atoms with Gasteiger partial charge in [0.2, 0.25) is 0 Å². The van der Waals surface area contributed by atoms with Crippen molar-refractivity contribution in [2.24, 2.45) is 5.73 Å². The van der Waals surface area contributed by atoms with Crippen molar-refractivity contribution in [2.45, 2.75) is 19.4 Å². The third kappa shape index (κ3) is 3.49. The summed E-state index contributed by atoms with van der Waals surface area (Å²) in [5.74, 6) is -1.26. The van der Waals surface area contributed by atoms with Gasteiger partial charge in [0.05, 0.1) is 18.0 Å². The molecule has 1 rings (SSSR count). The van der Waals surface area contributed by atoms with Gasteiger partial charge in [0.15, 0.2) is 0 Å². The van der Waals surface area contributed by atoms with Crippen LogP contribution < -0.4 is 5.73 Å². The summed E-state index contributed by atoms with van der Waals surface area (Å²) in [5.41, 5.74) is 5.29. The van der Waals surface area contributed by atoms with Gasteiger partial charge in [0.1, 0.15) is 5.82 Å². The molecule has 0 unspecified atom stereocenters. The van der Waals surface area contributed by atoms with Gasteiger partial charge in [-0.15, -0.1) is 0 Å². The lowest BCUT2D eigenvalue weighted by Crippen LogP contribution is -2.18. The molecule has 0 bridgehead atoms. The van der Waals surface area contributed by atoms with Crippen molar-refractivity contribution < 1.29 is 18.8 Å². The second-order valence-electron chi connectivity index (χ2n) is 3.58. The number of nitro benzene ring substituents is 1. The van der Waals surface area contributed by atoms with Crippen molar-refractivity contribution in [3.63, 3.8) is 0 Å². The highest BCUT2D eigenvalue weighted by atomic mass is 19.1. The third-order valence-electron chi connectivity index (χ3n) is 2.28. The zero-order valence-corrected chi connectivity index (χ0v) is 9.76. The lowest BCUT2D eigenvalue weighted by molar-refractivity contribution is -0.385. The summed E-state index contributed by atoms with van der Waals surface area (Å²) in [4.78, 5) is 21.1. The number of nitro groups is 1. The van der Waals surface area contributed by atoms with Gasteiger partial charge < -0.3 is 10.5 Å². The lowest BCUT2D eigenvalue weighted by atomic mass is 10.0. The molecule has 18 heavy (non-hydrogen) atoms. The predicted octanol–water partition coefficient (Wildman–Crippen LogP) is 1.69. The smallest absolute Gasteiger partial charge is 0.307 e. The molecular formula is C11H13FN2O4. The van der Waals surface area contributed by atoms with Crippen LogP contribution in [0.5, 0.6) is 0 Å². The number of hydrogen-bond acceptors (Lipinski definition) is 5. The summed E-state index contributed by atoms with van der Waals surface area (Å²) >= 11 is 0. The Morgan fingerprint density at radius 2 is 2.28 bits per heavy atom. The summed E-state index contributed by atoms with van der Waals surface area (Å²) in [6.07, 6.45) is -0.230. The summed E-state index contributed by atoms with van der Waals surface area (Å²) in [6.45, 7) is 1.83. The second kappa shape index (κ2) is 6.06. The van der Waals surface area contributed by atoms with Crippen LogP contribution in [0.1, 0.15) is 24.9 Å². The maximum Gasteiger partial charge on any atom is 0.307 e. The minimum Gasteiger partial charge on any atom is -0.466 e. The topological polar surface area (TPSA) is 95.5 Å². The van der Waals surface area contributed by atoms with Crippen molar-refractivity contribution in [3.05, 3.63) is 39.7 Å². The molecule has 0 fully saturated rings. The molecular weight excluding hydrogens is 243 g/mol. The van der Waals surface area contributed by atoms with E-state index in [1.807, 2.05) is 0 Å². The van der Waals surface area contributed by atoms with Crippen LogP contribution >= 0.6 is 0 Å². The highest BCUT2D eigenvalue weighted by Crippen LogP contribution is 2.23. The minimum absolute atomic E-state index is 0.0720. The Hall–Kier alpha value is -2.02. The van der Waals surface area contributed by atoms with Gasteiger partial charge in [0, 0.05) is 23.7 Å². The number of carbonyl (C=O) groups excluding carboxylic acids is 1. The van der Waals surface area contributed by atoms with Gasteiger partial charge in [-0.2, -0.15) is 0 Å². The normalized spacial score (nSPS) is 11.9. The Bertz CT molecular complexity index is 464. The van der Waals surface area contributed by atoms with Gasteiger partial charge in [-0.3, -0.25) is 14.9 Å². The number of nitrogens with two attached hydrogens (primary N) is 1. The molecule has 0 amide bonds. The molecule has 2 N–H and O–H groups in total. The first-order chi connectivity index (χ1) is 8.45. The molecule has 0 spiro atoms. The lowest BCUT2D eigenvalue weighted by Gasteiger charge is -2.11. The summed E-state index contributed by atoms with van der Waals surface area (Å²) in [7, 11) is 0. The van der Waals surface area contributed by atoms with Gasteiger partial charge in [-0.25, -0.2) is 4.39 Å². The van der Waals surface area contributed by atoms with E-state index >= 15 is 0 Å². The first kappa shape index (κ1) is 14.0. The van der Waals surface area contributed by atoms with Crippen molar-refractivity contribution in [1.82, 2.24) is 0 Å². The Morgan fingerprint density at radius 1 is 1.61 bits per heavy atom. The van der Waals surface area contributed by atoms with E-state index in [0.717, 1.165) is 18.2 Å². The van der Waals surface area contributed by atoms with Crippen LogP contribution in [0.3, 0.4) is 0 Å². The fourth-order valence-corrected chi connectivity index (χ4v) is 1.44. The Balaban J connectivity index is 2.90. The van der Waals surface area contributed by atoms with Crippen molar-refractivity contribution in [1.29, 1.82) is 0 Å². The van der Waals surface area contributed by atoms with Crippen LogP contribution in [0.2, 0.25) is 0 Å². The molecule has 6 nitrogen and oxygen atoms in total. The number of ether oxygens (including phenoxy) is 1. The number of halogens is 1. The number of carbonyl (C=O) groups is 1. The summed E-state index contributed by atoms with van der Waals surface area (Å²) in [5, 5.41) is 10.6. The fraction of sp³-hybridized carbons (Fsp3) is 0.364. The van der Waals surface area contributed by atoms with Gasteiger partial charge in [-0.05, 0) is 13.0 Å². The highest BCUT2D eigenvalue weighted by molar-refractivity contribution is 5.70. The van der Waals surface area contributed by atoms with Gasteiger partial charge >= 0.3 is 5.97 Å². The predicted molar refractivity (Wildman–Crippen MR) is 61.2 cm³/mol. The summed E-state index contributed by atoms with van der Waals surface area (Å²) < 4.78 is 18.1. The van der Waals surface area contributed by atoms with Crippen LogP contribution in [0.25, 0.3) is 0 Å². The average molecular weight is 256 g/mol. The molecule has 0 aliphatic heterocycles. The second-order valence-corrected chi connectivity index (χ2v) is 3.58. The maximum atomic E-state index is 13.5. The molecule has 0 saturated carbocycles. The van der Waals surface area contributed by atoms with Crippen LogP contribution in [-0.4, -0.2) is 17.5 Å². The first-order valence-corrected chi connectivity index (χ1v) is 5.30. The number of rotatable bonds is 5. The van der Waals surface area contributed by atoms with E-state index in [0.29, 0.717) is 0 Å². The van der Waals surface area contributed by atoms with Crippen LogP contribution in [0.15, 0.2) is 18.2 Å². The zero-order valence-electron chi connectivity index (χ0n) is 9.76. The number of esters is 1. The molecule has 0 radical (unpaired) electrons. The monoisotopic (exact) mass is 256 g/mol. The standard InChI is InChI=1S/C11H13FN2O4/c1-2-18-11(15)6-10(13)8-5-7(14(16)17)3-4-9(8)12/h3-5,10H,2,6,13H2,1H3/t10-/m0/s1. The molecule has 0 heterocycles. The molecule has 1 aromatic carbocycles. The molecule has 0 aliphatic carbocycles. The van der Waals surface area contributed by atoms with Crippen LogP contribution in [0.4, 0.5) is 10.1 Å². The number of benzene rings is 1. The van der Waals surface area contributed by atoms with Crippen LogP contribution in [-0.2, 0) is 9.53 Å². The van der Waals surface area contributed by atoms with E-state index in [9.17, 15) is 19.3 Å². The van der Waals surface area contributed by atoms with Crippen LogP contribution in [0, 0.1) is 15.9 Å². The molecule has 0 aromatic heterocycles. The van der Waals surface area contributed by atoms with E-state index < -0.39 is 22.8 Å². The van der Waals surface area contributed by atoms with Crippen molar-refractivity contribution >= 4 is 11.7 Å². The average Bonchev–Trinajstić information content (AvgIpc) is 2.29. The van der Waals surface area contributed by atoms with Crippen molar-refractivity contribution in [3.8, 4) is 0 Å². The number of nitrogens with zero attached hydrogens (tertiary/aromatic N) is 1. The number of hydrogen-bond donors (Lipinski definition) is 1. The number of non-ortho nitro benzene ring substituents is 1. The Kier molecular flexibility index (Phi) is 4.73. The maximum absolute atomic E-state index is 13.5. The van der Waals surface area contributed by atoms with E-state index in [1.54, 1.807) is 6.92 Å². The molecule has 1 aromatic rings. The zero-order chi connectivity index (χ0) is 13.7. The largest absolute Gasteiger partial charge is 0.466 e. The van der Waals surface area contributed by atoms with Gasteiger partial charge in [-0.1, -0.05) is 0 Å². The van der Waals surface area contributed by atoms with E-state index in [1.165, 1.54) is 0 Å². The van der Waals surface area contributed by atoms with E-state index in [-0.39, 0.29) is 24.3 Å². The van der Waals surface area contributed by atoms with E-state index in [4.69, 9.17) is 5.73 Å². The molecule has 7 heteroatoms. The third-order valence-corrected chi connectivity index (χ3v) is 2.28. The Morgan fingerprint density at radius 3 is 2.83 bits per heavy atom. The first-order valence-electron chi connectivity index (χ1n) is 5.30. The SMILES string of the molecule is CCOC(=O)C[C@H](N)c1cc([N+](=O)[O-])ccc1F. The molecule has 0 saturated heterocycles. The fourth-order valence-electron chi connectivity index (χ4n) is 1.44. The van der Waals surface area contributed by atoms with Crippen molar-refractivity contribution in [2.75, 3.05) is 6.61 Å². The molecule has 0 aliphatic rings. The highest BCUT2D eigenvalue weighted by Gasteiger charge is 2.19. The van der Waals surface area contributed by atoms with Gasteiger partial charge in [0.25, 0.3) is 5.69 Å². The van der Waals surface area contributed by atoms with E-state index in [2.05, 4.69) is 4.74 Å². The Labute approximate surface area is 103 Å². The minimum atomic E-state index is -0.969. The summed E-state index contributed by atoms with van der Waals surface area (Å²) in [6, 6.07) is 2.05.